The lowest BCUT2D eigenvalue weighted by atomic mass is 10.2. The predicted octanol–water partition coefficient (Wildman–Crippen LogP) is 3.46. The Kier molecular flexibility index (Phi) is 5.13. The van der Waals surface area contributed by atoms with Crippen LogP contribution in [0.3, 0.4) is 0 Å². The molecule has 0 unspecified atom stereocenters. The molecule has 108 valence electrons. The maximum Gasteiger partial charge on any atom is 0.270 e. The molecule has 2 aromatic rings. The Balaban J connectivity index is 2.21. The van der Waals surface area contributed by atoms with Crippen molar-refractivity contribution in [1.82, 2.24) is 0 Å². The molecule has 0 saturated carbocycles. The van der Waals surface area contributed by atoms with Crippen LogP contribution in [0, 0.1) is 34.0 Å². The summed E-state index contributed by atoms with van der Waals surface area (Å²) in [5.41, 5.74) is 4.13. The molecule has 0 spiro atoms. The van der Waals surface area contributed by atoms with E-state index in [4.69, 9.17) is 15.8 Å². The number of azo groups is 1. The Morgan fingerprint density at radius 1 is 0.870 bits per heavy atom. The highest BCUT2D eigenvalue weighted by molar-refractivity contribution is 5.97. The zero-order chi connectivity index (χ0) is 16.5. The lowest BCUT2D eigenvalue weighted by Gasteiger charge is -2.01. The van der Waals surface area contributed by atoms with Crippen molar-refractivity contribution in [1.29, 1.82) is 15.8 Å². The van der Waals surface area contributed by atoms with Gasteiger partial charge in [-0.15, -0.1) is 15.3 Å². The molecule has 0 bridgehead atoms. The van der Waals surface area contributed by atoms with E-state index in [2.05, 4.69) is 20.8 Å². The quantitative estimate of drug-likeness (QED) is 0.403. The van der Waals surface area contributed by atoms with Crippen molar-refractivity contribution in [3.05, 3.63) is 59.7 Å². The minimum atomic E-state index is -0.231. The summed E-state index contributed by atoms with van der Waals surface area (Å²) in [7, 11) is 0. The zero-order valence-electron chi connectivity index (χ0n) is 11.8. The van der Waals surface area contributed by atoms with Crippen LogP contribution in [0.5, 0.6) is 0 Å². The fourth-order valence-corrected chi connectivity index (χ4v) is 1.62. The van der Waals surface area contributed by atoms with Gasteiger partial charge >= 0.3 is 0 Å². The van der Waals surface area contributed by atoms with Crippen LogP contribution < -0.4 is 5.43 Å². The van der Waals surface area contributed by atoms with Gasteiger partial charge in [0.15, 0.2) is 0 Å². The van der Waals surface area contributed by atoms with E-state index in [1.54, 1.807) is 54.6 Å². The van der Waals surface area contributed by atoms with Gasteiger partial charge in [0.1, 0.15) is 23.9 Å². The van der Waals surface area contributed by atoms with Crippen LogP contribution in [-0.2, 0) is 0 Å². The van der Waals surface area contributed by atoms with Crippen molar-refractivity contribution in [2.45, 2.75) is 0 Å². The van der Waals surface area contributed by atoms with Crippen LogP contribution in [0.1, 0.15) is 11.1 Å². The lowest BCUT2D eigenvalue weighted by molar-refractivity contribution is 1.22. The number of benzene rings is 2. The van der Waals surface area contributed by atoms with Gasteiger partial charge in [0, 0.05) is 0 Å². The van der Waals surface area contributed by atoms with E-state index in [0.717, 1.165) is 0 Å². The van der Waals surface area contributed by atoms with Gasteiger partial charge in [0.05, 0.1) is 16.8 Å². The first-order valence-corrected chi connectivity index (χ1v) is 6.42. The molecule has 0 aliphatic heterocycles. The van der Waals surface area contributed by atoms with Crippen molar-refractivity contribution in [3.63, 3.8) is 0 Å². The van der Waals surface area contributed by atoms with E-state index >= 15 is 0 Å². The molecule has 2 rings (SSSR count). The smallest absolute Gasteiger partial charge is 0.270 e. The number of rotatable bonds is 3. The van der Waals surface area contributed by atoms with Crippen LogP contribution in [0.25, 0.3) is 0 Å². The Hall–Kier alpha value is -4.02. The molecule has 1 N–H and O–H groups in total. The highest BCUT2D eigenvalue weighted by atomic mass is 15.3. The molecule has 0 atom stereocenters. The van der Waals surface area contributed by atoms with Gasteiger partial charge in [0.2, 0.25) is 0 Å². The Labute approximate surface area is 132 Å². The summed E-state index contributed by atoms with van der Waals surface area (Å²) < 4.78 is 0. The molecule has 0 aliphatic carbocycles. The number of amidine groups is 1. The Morgan fingerprint density at radius 3 is 2.22 bits per heavy atom. The highest BCUT2D eigenvalue weighted by Gasteiger charge is 2.02. The van der Waals surface area contributed by atoms with E-state index < -0.39 is 0 Å². The van der Waals surface area contributed by atoms with Gasteiger partial charge in [-0.2, -0.15) is 15.8 Å². The van der Waals surface area contributed by atoms with Gasteiger partial charge in [-0.1, -0.05) is 24.3 Å². The highest BCUT2D eigenvalue weighted by Crippen LogP contribution is 2.18. The number of para-hydroxylation sites is 1. The number of anilines is 1. The third-order valence-corrected chi connectivity index (χ3v) is 2.71. The van der Waals surface area contributed by atoms with E-state index in [0.29, 0.717) is 22.5 Å². The van der Waals surface area contributed by atoms with E-state index in [-0.39, 0.29) is 5.84 Å². The molecular weight excluding hydrogens is 290 g/mol. The fraction of sp³-hybridized carbons (Fsp3) is 0. The summed E-state index contributed by atoms with van der Waals surface area (Å²) in [6.07, 6.45) is 0. The van der Waals surface area contributed by atoms with Gasteiger partial charge in [0.25, 0.3) is 5.84 Å². The Morgan fingerprint density at radius 2 is 1.52 bits per heavy atom. The number of hydrazone groups is 1. The average molecular weight is 299 g/mol. The minimum absolute atomic E-state index is 0.231. The fourth-order valence-electron chi connectivity index (χ4n) is 1.62. The SMILES string of the molecule is N#CC(N=Nc1ccccc1C#N)=NNc1ccccc1C#N. The molecular formula is C16H9N7. The van der Waals surface area contributed by atoms with E-state index in [1.807, 2.05) is 12.1 Å². The van der Waals surface area contributed by atoms with Crippen LogP contribution in [-0.4, -0.2) is 5.84 Å². The number of nitrogens with zero attached hydrogens (tertiary/aromatic N) is 6. The van der Waals surface area contributed by atoms with Gasteiger partial charge in [-0.3, -0.25) is 5.43 Å². The van der Waals surface area contributed by atoms with Crippen molar-refractivity contribution < 1.29 is 0 Å². The molecule has 0 saturated heterocycles. The lowest BCUT2D eigenvalue weighted by Crippen LogP contribution is -1.97. The molecule has 2 aromatic carbocycles. The van der Waals surface area contributed by atoms with Gasteiger partial charge in [-0.05, 0) is 24.3 Å². The summed E-state index contributed by atoms with van der Waals surface area (Å²) in [5, 5.41) is 38.3. The van der Waals surface area contributed by atoms with Crippen molar-refractivity contribution in [2.24, 2.45) is 15.3 Å². The molecule has 0 radical (unpaired) electrons. The summed E-state index contributed by atoms with van der Waals surface area (Å²) >= 11 is 0. The van der Waals surface area contributed by atoms with Crippen molar-refractivity contribution in [3.8, 4) is 18.2 Å². The van der Waals surface area contributed by atoms with E-state index in [9.17, 15) is 0 Å². The first kappa shape index (κ1) is 15.4. The second kappa shape index (κ2) is 7.68. The number of nitrogens with one attached hydrogen (secondary N) is 1. The van der Waals surface area contributed by atoms with Crippen molar-refractivity contribution in [2.75, 3.05) is 5.43 Å². The first-order chi connectivity index (χ1) is 11.3. The zero-order valence-corrected chi connectivity index (χ0v) is 11.8. The summed E-state index contributed by atoms with van der Waals surface area (Å²) in [5.74, 6) is -0.231. The molecule has 0 fully saturated rings. The molecule has 0 amide bonds. The van der Waals surface area contributed by atoms with Crippen LogP contribution in [0.2, 0.25) is 0 Å². The normalized spacial score (nSPS) is 10.6. The molecule has 0 heterocycles. The number of hydrogen-bond donors (Lipinski definition) is 1. The second-order valence-corrected chi connectivity index (χ2v) is 4.15. The molecule has 23 heavy (non-hydrogen) atoms. The summed E-state index contributed by atoms with van der Waals surface area (Å²) in [4.78, 5) is 0. The predicted molar refractivity (Wildman–Crippen MR) is 83.5 cm³/mol. The first-order valence-electron chi connectivity index (χ1n) is 6.42. The maximum absolute atomic E-state index is 9.03. The molecule has 0 aliphatic rings. The number of hydrogen-bond acceptors (Lipinski definition) is 6. The van der Waals surface area contributed by atoms with Crippen molar-refractivity contribution >= 4 is 17.2 Å². The third kappa shape index (κ3) is 3.98. The monoisotopic (exact) mass is 299 g/mol. The van der Waals surface area contributed by atoms with E-state index in [1.165, 1.54) is 0 Å². The standard InChI is InChI=1S/C16H9N7/c17-9-12-5-1-3-7-14(12)20-22-16(11-19)23-21-15-8-4-2-6-13(15)10-18/h1-8,20H. The molecule has 7 nitrogen and oxygen atoms in total. The average Bonchev–Trinajstić information content (AvgIpc) is 2.62. The number of nitriles is 3. The minimum Gasteiger partial charge on any atom is -0.274 e. The second-order valence-electron chi connectivity index (χ2n) is 4.15. The largest absolute Gasteiger partial charge is 0.274 e. The molecule has 7 heteroatoms. The maximum atomic E-state index is 9.03. The topological polar surface area (TPSA) is 120 Å². The van der Waals surface area contributed by atoms with Crippen LogP contribution >= 0.6 is 0 Å². The van der Waals surface area contributed by atoms with Gasteiger partial charge in [-0.25, -0.2) is 0 Å². The van der Waals surface area contributed by atoms with Crippen LogP contribution in [0.15, 0.2) is 63.9 Å². The Bertz CT molecular complexity index is 892. The van der Waals surface area contributed by atoms with Crippen LogP contribution in [0.4, 0.5) is 11.4 Å². The molecule has 0 aromatic heterocycles. The summed E-state index contributed by atoms with van der Waals surface area (Å²) in [6.45, 7) is 0. The third-order valence-electron chi connectivity index (χ3n) is 2.71. The summed E-state index contributed by atoms with van der Waals surface area (Å²) in [6, 6.07) is 19.1. The van der Waals surface area contributed by atoms with Gasteiger partial charge < -0.3 is 0 Å².